The first-order chi connectivity index (χ1) is 6.79. The molecule has 1 N–H and O–H groups in total. The predicted octanol–water partition coefficient (Wildman–Crippen LogP) is 0.459. The largest absolute Gasteiger partial charge is 0.469 e. The number of carbonyl (C=O) groups excluding carboxylic acids is 1. The van der Waals surface area contributed by atoms with Gasteiger partial charge in [0.15, 0.2) is 0 Å². The summed E-state index contributed by atoms with van der Waals surface area (Å²) in [5.41, 5.74) is 0. The van der Waals surface area contributed by atoms with Crippen molar-refractivity contribution in [2.45, 2.75) is 43.9 Å². The summed E-state index contributed by atoms with van der Waals surface area (Å²) in [6, 6.07) is 0.457. The van der Waals surface area contributed by atoms with Crippen molar-refractivity contribution >= 4 is 5.97 Å². The highest BCUT2D eigenvalue weighted by Crippen LogP contribution is 2.34. The fourth-order valence-electron chi connectivity index (χ4n) is 2.31. The van der Waals surface area contributed by atoms with Gasteiger partial charge in [-0.2, -0.15) is 0 Å². The molecule has 0 saturated carbocycles. The van der Waals surface area contributed by atoms with Crippen LogP contribution in [-0.4, -0.2) is 37.9 Å². The average Bonchev–Trinajstić information content (AvgIpc) is 2.79. The molecule has 0 amide bonds. The van der Waals surface area contributed by atoms with Crippen molar-refractivity contribution in [1.82, 2.24) is 5.32 Å². The van der Waals surface area contributed by atoms with E-state index in [0.717, 1.165) is 6.42 Å². The minimum atomic E-state index is -0.151. The SMILES string of the molecule is COC(=O)CCNC1CC2CCC1O2. The highest BCUT2D eigenvalue weighted by molar-refractivity contribution is 5.69. The molecular formula is C10H17NO3. The Labute approximate surface area is 84.0 Å². The number of rotatable bonds is 4. The molecule has 0 spiro atoms. The Morgan fingerprint density at radius 2 is 2.43 bits per heavy atom. The van der Waals surface area contributed by atoms with Gasteiger partial charge in [0.2, 0.25) is 0 Å². The van der Waals surface area contributed by atoms with Crippen LogP contribution in [0.4, 0.5) is 0 Å². The summed E-state index contributed by atoms with van der Waals surface area (Å²) in [7, 11) is 1.42. The van der Waals surface area contributed by atoms with E-state index >= 15 is 0 Å². The molecule has 0 aromatic carbocycles. The number of ether oxygens (including phenoxy) is 2. The highest BCUT2D eigenvalue weighted by atomic mass is 16.5. The molecule has 2 aliphatic heterocycles. The molecule has 2 heterocycles. The van der Waals surface area contributed by atoms with Crippen LogP contribution in [0.3, 0.4) is 0 Å². The predicted molar refractivity (Wildman–Crippen MR) is 50.9 cm³/mol. The van der Waals surface area contributed by atoms with Crippen molar-refractivity contribution in [3.63, 3.8) is 0 Å². The molecule has 0 aromatic rings. The monoisotopic (exact) mass is 199 g/mol. The van der Waals surface area contributed by atoms with E-state index in [4.69, 9.17) is 4.74 Å². The average molecular weight is 199 g/mol. The topological polar surface area (TPSA) is 47.6 Å². The Morgan fingerprint density at radius 3 is 3.00 bits per heavy atom. The number of esters is 1. The zero-order valence-electron chi connectivity index (χ0n) is 8.49. The van der Waals surface area contributed by atoms with Gasteiger partial charge in [0, 0.05) is 12.6 Å². The van der Waals surface area contributed by atoms with Gasteiger partial charge in [-0.1, -0.05) is 0 Å². The van der Waals surface area contributed by atoms with E-state index in [9.17, 15) is 4.79 Å². The van der Waals surface area contributed by atoms with E-state index in [-0.39, 0.29) is 5.97 Å². The first kappa shape index (κ1) is 9.93. The third kappa shape index (κ3) is 2.07. The Morgan fingerprint density at radius 1 is 1.57 bits per heavy atom. The molecule has 0 radical (unpaired) electrons. The van der Waals surface area contributed by atoms with Crippen LogP contribution >= 0.6 is 0 Å². The van der Waals surface area contributed by atoms with E-state index in [2.05, 4.69) is 10.1 Å². The van der Waals surface area contributed by atoms with Crippen molar-refractivity contribution < 1.29 is 14.3 Å². The maximum absolute atomic E-state index is 10.9. The van der Waals surface area contributed by atoms with Crippen LogP contribution in [0.25, 0.3) is 0 Å². The zero-order chi connectivity index (χ0) is 9.97. The van der Waals surface area contributed by atoms with Crippen LogP contribution in [-0.2, 0) is 14.3 Å². The summed E-state index contributed by atoms with van der Waals surface area (Å²) in [6.07, 6.45) is 4.78. The van der Waals surface area contributed by atoms with Gasteiger partial charge in [0.05, 0.1) is 25.7 Å². The number of carbonyl (C=O) groups is 1. The van der Waals surface area contributed by atoms with Crippen LogP contribution in [0, 0.1) is 0 Å². The Balaban J connectivity index is 1.64. The lowest BCUT2D eigenvalue weighted by Crippen LogP contribution is -2.38. The molecule has 2 bridgehead atoms. The lowest BCUT2D eigenvalue weighted by molar-refractivity contribution is -0.140. The molecule has 2 rings (SSSR count). The fourth-order valence-corrected chi connectivity index (χ4v) is 2.31. The molecule has 14 heavy (non-hydrogen) atoms. The van der Waals surface area contributed by atoms with Gasteiger partial charge in [-0.15, -0.1) is 0 Å². The quantitative estimate of drug-likeness (QED) is 0.668. The molecule has 2 fully saturated rings. The second-order valence-corrected chi connectivity index (χ2v) is 4.00. The third-order valence-electron chi connectivity index (χ3n) is 3.07. The van der Waals surface area contributed by atoms with E-state index < -0.39 is 0 Å². The van der Waals surface area contributed by atoms with Crippen molar-refractivity contribution in [2.75, 3.05) is 13.7 Å². The van der Waals surface area contributed by atoms with Gasteiger partial charge in [0.25, 0.3) is 0 Å². The maximum Gasteiger partial charge on any atom is 0.306 e. The van der Waals surface area contributed by atoms with Gasteiger partial charge in [0.1, 0.15) is 0 Å². The third-order valence-corrected chi connectivity index (χ3v) is 3.07. The van der Waals surface area contributed by atoms with E-state index in [1.54, 1.807) is 0 Å². The first-order valence-electron chi connectivity index (χ1n) is 5.25. The van der Waals surface area contributed by atoms with Crippen LogP contribution in [0.15, 0.2) is 0 Å². The molecule has 0 aliphatic carbocycles. The van der Waals surface area contributed by atoms with Gasteiger partial charge < -0.3 is 14.8 Å². The molecule has 80 valence electrons. The van der Waals surface area contributed by atoms with Gasteiger partial charge in [-0.25, -0.2) is 0 Å². The van der Waals surface area contributed by atoms with E-state index in [1.165, 1.54) is 20.0 Å². The van der Waals surface area contributed by atoms with Gasteiger partial charge in [-0.05, 0) is 19.3 Å². The van der Waals surface area contributed by atoms with Crippen molar-refractivity contribution in [3.05, 3.63) is 0 Å². The smallest absolute Gasteiger partial charge is 0.306 e. The molecule has 4 nitrogen and oxygen atoms in total. The van der Waals surface area contributed by atoms with Crippen molar-refractivity contribution in [1.29, 1.82) is 0 Å². The molecule has 4 heteroatoms. The summed E-state index contributed by atoms with van der Waals surface area (Å²) < 4.78 is 10.3. The maximum atomic E-state index is 10.9. The van der Waals surface area contributed by atoms with Crippen LogP contribution in [0.2, 0.25) is 0 Å². The molecular weight excluding hydrogens is 182 g/mol. The number of hydrogen-bond donors (Lipinski definition) is 1. The van der Waals surface area contributed by atoms with Crippen LogP contribution < -0.4 is 5.32 Å². The zero-order valence-corrected chi connectivity index (χ0v) is 8.49. The highest BCUT2D eigenvalue weighted by Gasteiger charge is 2.40. The second kappa shape index (κ2) is 4.28. The number of fused-ring (bicyclic) bond motifs is 2. The Bertz CT molecular complexity index is 219. The van der Waals surface area contributed by atoms with Crippen molar-refractivity contribution in [3.8, 4) is 0 Å². The fraction of sp³-hybridized carbons (Fsp3) is 0.900. The number of methoxy groups -OCH3 is 1. The lowest BCUT2D eigenvalue weighted by atomic mass is 9.95. The molecule has 3 atom stereocenters. The Kier molecular flexibility index (Phi) is 3.03. The summed E-state index contributed by atoms with van der Waals surface area (Å²) in [6.45, 7) is 0.698. The second-order valence-electron chi connectivity index (χ2n) is 4.00. The van der Waals surface area contributed by atoms with E-state index in [0.29, 0.717) is 31.2 Å². The minimum absolute atomic E-state index is 0.151. The number of nitrogens with one attached hydrogen (secondary N) is 1. The summed E-state index contributed by atoms with van der Waals surface area (Å²) >= 11 is 0. The first-order valence-corrected chi connectivity index (χ1v) is 5.25. The summed E-state index contributed by atoms with van der Waals surface area (Å²) in [5.74, 6) is -0.151. The summed E-state index contributed by atoms with van der Waals surface area (Å²) in [5, 5.41) is 3.35. The minimum Gasteiger partial charge on any atom is -0.469 e. The summed E-state index contributed by atoms with van der Waals surface area (Å²) in [4.78, 5) is 10.9. The molecule has 3 unspecified atom stereocenters. The molecule has 2 saturated heterocycles. The van der Waals surface area contributed by atoms with Crippen LogP contribution in [0.1, 0.15) is 25.7 Å². The van der Waals surface area contributed by atoms with Crippen LogP contribution in [0.5, 0.6) is 0 Å². The number of hydrogen-bond acceptors (Lipinski definition) is 4. The normalized spacial score (nSPS) is 34.8. The molecule has 0 aromatic heterocycles. The lowest BCUT2D eigenvalue weighted by Gasteiger charge is -2.19. The van der Waals surface area contributed by atoms with Crippen molar-refractivity contribution in [2.24, 2.45) is 0 Å². The Hall–Kier alpha value is -0.610. The molecule has 2 aliphatic rings. The standard InChI is InChI=1S/C10H17NO3/c1-13-10(12)4-5-11-8-6-7-2-3-9(8)14-7/h7-9,11H,2-6H2,1H3. The van der Waals surface area contributed by atoms with Gasteiger partial charge >= 0.3 is 5.97 Å². The van der Waals surface area contributed by atoms with Gasteiger partial charge in [-0.3, -0.25) is 4.79 Å². The van der Waals surface area contributed by atoms with E-state index in [1.807, 2.05) is 0 Å².